The number of aryl methyl sites for hydroxylation is 1. The average molecular weight is 354 g/mol. The van der Waals surface area contributed by atoms with Crippen molar-refractivity contribution in [2.24, 2.45) is 0 Å². The van der Waals surface area contributed by atoms with Gasteiger partial charge >= 0.3 is 0 Å². The Kier molecular flexibility index (Phi) is 6.67. The number of aliphatic hydroxyl groups is 1. The van der Waals surface area contributed by atoms with Gasteiger partial charge in [-0.25, -0.2) is 0 Å². The zero-order valence-electron chi connectivity index (χ0n) is 15.9. The van der Waals surface area contributed by atoms with Crippen molar-refractivity contribution in [3.63, 3.8) is 0 Å². The second-order valence-corrected chi connectivity index (χ2v) is 7.29. The molecule has 0 saturated carbocycles. The maximum Gasteiger partial charge on any atom is 0.118 e. The molecule has 1 saturated heterocycles. The summed E-state index contributed by atoms with van der Waals surface area (Å²) in [5.74, 6) is 1.97. The monoisotopic (exact) mass is 354 g/mol. The summed E-state index contributed by atoms with van der Waals surface area (Å²) in [6, 6.07) is 14.9. The number of hydrogen-bond acceptors (Lipinski definition) is 4. The minimum absolute atomic E-state index is 0.227. The van der Waals surface area contributed by atoms with E-state index in [0.717, 1.165) is 50.7 Å². The van der Waals surface area contributed by atoms with Crippen LogP contribution in [-0.4, -0.2) is 53.7 Å². The van der Waals surface area contributed by atoms with E-state index in [1.807, 2.05) is 19.1 Å². The van der Waals surface area contributed by atoms with Gasteiger partial charge in [-0.05, 0) is 38.0 Å². The number of rotatable bonds is 7. The highest BCUT2D eigenvalue weighted by Crippen LogP contribution is 2.19. The van der Waals surface area contributed by atoms with Gasteiger partial charge in [-0.1, -0.05) is 42.0 Å². The lowest BCUT2D eigenvalue weighted by Crippen LogP contribution is -2.53. The average Bonchev–Trinajstić information content (AvgIpc) is 3.03. The van der Waals surface area contributed by atoms with Crippen LogP contribution in [-0.2, 0) is 6.54 Å². The van der Waals surface area contributed by atoms with Gasteiger partial charge in [-0.3, -0.25) is 9.80 Å². The van der Waals surface area contributed by atoms with Crippen LogP contribution in [0.5, 0.6) is 0 Å². The fourth-order valence-electron chi connectivity index (χ4n) is 3.73. The second-order valence-electron chi connectivity index (χ2n) is 7.29. The molecule has 1 aromatic heterocycles. The smallest absolute Gasteiger partial charge is 0.118 e. The molecule has 0 aliphatic carbocycles. The van der Waals surface area contributed by atoms with Crippen molar-refractivity contribution in [2.75, 3.05) is 32.8 Å². The fraction of sp³-hybridized carbons (Fsp3) is 0.455. The molecule has 0 spiro atoms. The van der Waals surface area contributed by atoms with Crippen molar-refractivity contribution in [3.05, 3.63) is 65.1 Å². The molecule has 1 aliphatic heterocycles. The Morgan fingerprint density at radius 2 is 2.00 bits per heavy atom. The molecule has 0 bridgehead atoms. The van der Waals surface area contributed by atoms with Crippen LogP contribution in [0.1, 0.15) is 30.4 Å². The van der Waals surface area contributed by atoms with E-state index in [4.69, 9.17) is 4.42 Å². The Morgan fingerprint density at radius 1 is 1.19 bits per heavy atom. The number of nitrogens with zero attached hydrogens (tertiary/aromatic N) is 2. The first-order valence-corrected chi connectivity index (χ1v) is 9.49. The van der Waals surface area contributed by atoms with Crippen molar-refractivity contribution in [2.45, 2.75) is 32.9 Å². The molecular formula is C22H30N2O2. The van der Waals surface area contributed by atoms with E-state index in [1.165, 1.54) is 11.1 Å². The van der Waals surface area contributed by atoms with Gasteiger partial charge in [-0.15, -0.1) is 0 Å². The molecule has 2 aromatic rings. The highest BCUT2D eigenvalue weighted by Gasteiger charge is 2.27. The zero-order valence-corrected chi connectivity index (χ0v) is 15.9. The summed E-state index contributed by atoms with van der Waals surface area (Å²) in [5, 5.41) is 9.49. The summed E-state index contributed by atoms with van der Waals surface area (Å²) in [4.78, 5) is 4.94. The Balaban J connectivity index is 1.59. The van der Waals surface area contributed by atoms with Gasteiger partial charge < -0.3 is 9.52 Å². The molecule has 4 heteroatoms. The molecule has 3 rings (SSSR count). The van der Waals surface area contributed by atoms with Crippen molar-refractivity contribution < 1.29 is 9.52 Å². The number of benzene rings is 1. The summed E-state index contributed by atoms with van der Waals surface area (Å²) in [6.45, 7) is 9.24. The van der Waals surface area contributed by atoms with E-state index < -0.39 is 0 Å². The van der Waals surface area contributed by atoms with Crippen LogP contribution in [0.15, 0.2) is 52.5 Å². The van der Waals surface area contributed by atoms with E-state index in [-0.39, 0.29) is 6.61 Å². The minimum Gasteiger partial charge on any atom is -0.465 e. The van der Waals surface area contributed by atoms with E-state index in [1.54, 1.807) is 0 Å². The van der Waals surface area contributed by atoms with E-state index in [2.05, 4.69) is 53.1 Å². The first kappa shape index (κ1) is 18.9. The quantitative estimate of drug-likeness (QED) is 0.825. The highest BCUT2D eigenvalue weighted by molar-refractivity contribution is 5.52. The number of hydrogen-bond donors (Lipinski definition) is 1. The van der Waals surface area contributed by atoms with Crippen LogP contribution in [0.25, 0.3) is 6.08 Å². The third-order valence-corrected chi connectivity index (χ3v) is 4.99. The third-order valence-electron chi connectivity index (χ3n) is 4.99. The molecule has 26 heavy (non-hydrogen) atoms. The predicted molar refractivity (Wildman–Crippen MR) is 106 cm³/mol. The van der Waals surface area contributed by atoms with Gasteiger partial charge in [-0.2, -0.15) is 0 Å². The Labute approximate surface area is 156 Å². The van der Waals surface area contributed by atoms with Gasteiger partial charge in [0.05, 0.1) is 6.54 Å². The standard InChI is InChI=1S/C22H30N2O2/c1-18(14-20-6-4-3-5-7-20)15-23-11-12-24(21(16-23)10-13-25)17-22-9-8-19(2)26-22/h3-9,14,21,25H,10-13,15-17H2,1-2H3/b18-14+/t21-/m1/s1. The summed E-state index contributed by atoms with van der Waals surface area (Å²) < 4.78 is 5.74. The van der Waals surface area contributed by atoms with Gasteiger partial charge in [0.25, 0.3) is 0 Å². The second kappa shape index (κ2) is 9.17. The summed E-state index contributed by atoms with van der Waals surface area (Å²) in [5.41, 5.74) is 2.62. The van der Waals surface area contributed by atoms with E-state index >= 15 is 0 Å². The maximum atomic E-state index is 9.49. The molecule has 0 unspecified atom stereocenters. The molecule has 140 valence electrons. The normalized spacial score (nSPS) is 19.8. The van der Waals surface area contributed by atoms with Crippen LogP contribution < -0.4 is 0 Å². The van der Waals surface area contributed by atoms with Crippen LogP contribution in [0.3, 0.4) is 0 Å². The van der Waals surface area contributed by atoms with Crippen molar-refractivity contribution in [1.82, 2.24) is 9.80 Å². The number of piperazine rings is 1. The molecule has 0 radical (unpaired) electrons. The molecule has 1 aromatic carbocycles. The lowest BCUT2D eigenvalue weighted by atomic mass is 10.1. The first-order chi connectivity index (χ1) is 12.6. The molecule has 1 aliphatic rings. The van der Waals surface area contributed by atoms with Gasteiger partial charge in [0.15, 0.2) is 0 Å². The topological polar surface area (TPSA) is 39.9 Å². The largest absolute Gasteiger partial charge is 0.465 e. The molecule has 1 N–H and O–H groups in total. The fourth-order valence-corrected chi connectivity index (χ4v) is 3.73. The lowest BCUT2D eigenvalue weighted by Gasteiger charge is -2.41. The molecular weight excluding hydrogens is 324 g/mol. The summed E-state index contributed by atoms with van der Waals surface area (Å²) in [6.07, 6.45) is 3.07. The van der Waals surface area contributed by atoms with Crippen LogP contribution >= 0.6 is 0 Å². The molecule has 1 fully saturated rings. The molecule has 2 heterocycles. The van der Waals surface area contributed by atoms with Gasteiger partial charge in [0, 0.05) is 38.8 Å². The Morgan fingerprint density at radius 3 is 2.69 bits per heavy atom. The predicted octanol–water partition coefficient (Wildman–Crippen LogP) is 3.56. The lowest BCUT2D eigenvalue weighted by molar-refractivity contribution is 0.0536. The number of furan rings is 1. The Bertz CT molecular complexity index is 708. The molecule has 0 amide bonds. The SMILES string of the molecule is C/C(=C\c1ccccc1)CN1CCN(Cc2ccc(C)o2)[C@H](CCO)C1. The third kappa shape index (κ3) is 5.31. The van der Waals surface area contributed by atoms with Gasteiger partial charge in [0.1, 0.15) is 11.5 Å². The maximum absolute atomic E-state index is 9.49. The first-order valence-electron chi connectivity index (χ1n) is 9.49. The zero-order chi connectivity index (χ0) is 18.4. The van der Waals surface area contributed by atoms with Crippen molar-refractivity contribution >= 4 is 6.08 Å². The van der Waals surface area contributed by atoms with Crippen molar-refractivity contribution in [1.29, 1.82) is 0 Å². The van der Waals surface area contributed by atoms with Crippen LogP contribution in [0.4, 0.5) is 0 Å². The van der Waals surface area contributed by atoms with Crippen LogP contribution in [0.2, 0.25) is 0 Å². The van der Waals surface area contributed by atoms with Crippen molar-refractivity contribution in [3.8, 4) is 0 Å². The van der Waals surface area contributed by atoms with E-state index in [9.17, 15) is 5.11 Å². The molecule has 4 nitrogen and oxygen atoms in total. The van der Waals surface area contributed by atoms with E-state index in [0.29, 0.717) is 6.04 Å². The Hall–Kier alpha value is -1.88. The molecule has 1 atom stereocenters. The summed E-state index contributed by atoms with van der Waals surface area (Å²) in [7, 11) is 0. The highest BCUT2D eigenvalue weighted by atomic mass is 16.3. The van der Waals surface area contributed by atoms with Gasteiger partial charge in [0.2, 0.25) is 0 Å². The van der Waals surface area contributed by atoms with Crippen LogP contribution in [0, 0.1) is 6.92 Å². The number of aliphatic hydroxyl groups excluding tert-OH is 1. The summed E-state index contributed by atoms with van der Waals surface area (Å²) >= 11 is 0. The minimum atomic E-state index is 0.227.